The Balaban J connectivity index is 1.70. The molecule has 0 spiro atoms. The minimum absolute atomic E-state index is 0.00529. The second-order valence-corrected chi connectivity index (χ2v) is 9.19. The van der Waals surface area contributed by atoms with Crippen LogP contribution in [0.25, 0.3) is 10.9 Å². The number of halogens is 1. The molecule has 3 N–H and O–H groups in total. The molecule has 0 aliphatic heterocycles. The standard InChI is InChI=1S/C22H29FN4OS/c1-14(2)19-10-17(23)11-20(15(3)4)22(19)28-26-13-27-29(24)18-9-16-7-5-6-8-21(16)25-12-18/h5-10,12,14-15,20,26H,11,13H2,1-4H3,(H2,24,27). The molecule has 7 heteroatoms. The van der Waals surface area contributed by atoms with Gasteiger partial charge in [0, 0.05) is 23.9 Å². The molecule has 1 aliphatic rings. The van der Waals surface area contributed by atoms with E-state index in [-0.39, 0.29) is 30.2 Å². The molecular formula is C22H29FN4OS. The van der Waals surface area contributed by atoms with Crippen molar-refractivity contribution in [2.24, 2.45) is 27.3 Å². The summed E-state index contributed by atoms with van der Waals surface area (Å²) in [4.78, 5) is 11.2. The SMILES string of the molecule is CC(C)C1=C(ONCN=S(N)c2cnc3ccccc3c2)C(C(C)C)CC(F)=C1. The molecule has 1 aromatic heterocycles. The van der Waals surface area contributed by atoms with E-state index in [1.165, 1.54) is 0 Å². The van der Waals surface area contributed by atoms with Gasteiger partial charge >= 0.3 is 0 Å². The third-order valence-electron chi connectivity index (χ3n) is 5.03. The predicted octanol–water partition coefficient (Wildman–Crippen LogP) is 5.19. The summed E-state index contributed by atoms with van der Waals surface area (Å²) in [5.74, 6) is 1.16. The topological polar surface area (TPSA) is 72.5 Å². The highest BCUT2D eigenvalue weighted by atomic mass is 32.2. The van der Waals surface area contributed by atoms with Gasteiger partial charge in [-0.3, -0.25) is 10.1 Å². The van der Waals surface area contributed by atoms with Crippen molar-refractivity contribution in [3.8, 4) is 0 Å². The normalized spacial score (nSPS) is 18.6. The van der Waals surface area contributed by atoms with Crippen molar-refractivity contribution < 1.29 is 9.23 Å². The van der Waals surface area contributed by atoms with Gasteiger partial charge in [0.25, 0.3) is 0 Å². The van der Waals surface area contributed by atoms with Crippen LogP contribution in [0, 0.1) is 17.8 Å². The van der Waals surface area contributed by atoms with Crippen LogP contribution in [0.2, 0.25) is 0 Å². The van der Waals surface area contributed by atoms with Gasteiger partial charge in [-0.2, -0.15) is 0 Å². The van der Waals surface area contributed by atoms with E-state index in [0.29, 0.717) is 6.42 Å². The quantitative estimate of drug-likeness (QED) is 0.481. The highest BCUT2D eigenvalue weighted by Crippen LogP contribution is 2.37. The minimum Gasteiger partial charge on any atom is -0.411 e. The van der Waals surface area contributed by atoms with Crippen LogP contribution < -0.4 is 10.6 Å². The molecule has 0 saturated carbocycles. The number of fused-ring (bicyclic) bond motifs is 1. The lowest BCUT2D eigenvalue weighted by molar-refractivity contribution is 0.0679. The Bertz CT molecular complexity index is 968. The highest BCUT2D eigenvalue weighted by molar-refractivity contribution is 7.85. The Labute approximate surface area is 174 Å². The lowest BCUT2D eigenvalue weighted by atomic mass is 9.82. The van der Waals surface area contributed by atoms with Gasteiger partial charge in [-0.25, -0.2) is 8.75 Å². The smallest absolute Gasteiger partial charge is 0.131 e. The maximum Gasteiger partial charge on any atom is 0.131 e. The number of pyridine rings is 1. The summed E-state index contributed by atoms with van der Waals surface area (Å²) in [6, 6.07) is 9.92. The third kappa shape index (κ3) is 5.29. The zero-order valence-corrected chi connectivity index (χ0v) is 18.2. The zero-order valence-electron chi connectivity index (χ0n) is 17.4. The second kappa shape index (κ2) is 9.61. The average Bonchev–Trinajstić information content (AvgIpc) is 2.70. The van der Waals surface area contributed by atoms with E-state index in [1.807, 2.05) is 44.2 Å². The van der Waals surface area contributed by atoms with Gasteiger partial charge in [0.15, 0.2) is 0 Å². The van der Waals surface area contributed by atoms with Gasteiger partial charge in [-0.1, -0.05) is 45.9 Å². The van der Waals surface area contributed by atoms with Crippen molar-refractivity contribution in [3.63, 3.8) is 0 Å². The number of allylic oxidation sites excluding steroid dienone is 4. The number of hydrogen-bond donors (Lipinski definition) is 2. The lowest BCUT2D eigenvalue weighted by Gasteiger charge is -2.29. The van der Waals surface area contributed by atoms with Crippen molar-refractivity contribution in [2.75, 3.05) is 6.67 Å². The number of nitrogens with two attached hydrogens (primary N) is 1. The summed E-state index contributed by atoms with van der Waals surface area (Å²) in [7, 11) is -0.805. The van der Waals surface area contributed by atoms with E-state index in [2.05, 4.69) is 28.7 Å². The first-order valence-corrected chi connectivity index (χ1v) is 11.1. The van der Waals surface area contributed by atoms with E-state index in [0.717, 1.165) is 27.1 Å². The zero-order chi connectivity index (χ0) is 21.0. The molecule has 0 bridgehead atoms. The molecule has 1 heterocycles. The Morgan fingerprint density at radius 1 is 1.31 bits per heavy atom. The van der Waals surface area contributed by atoms with E-state index in [1.54, 1.807) is 12.3 Å². The molecule has 0 amide bonds. The van der Waals surface area contributed by atoms with Crippen LogP contribution in [-0.4, -0.2) is 11.7 Å². The maximum atomic E-state index is 14.1. The summed E-state index contributed by atoms with van der Waals surface area (Å²) in [6.07, 6.45) is 3.73. The predicted molar refractivity (Wildman–Crippen MR) is 117 cm³/mol. The van der Waals surface area contributed by atoms with Crippen LogP contribution in [0.5, 0.6) is 0 Å². The van der Waals surface area contributed by atoms with E-state index < -0.39 is 10.9 Å². The largest absolute Gasteiger partial charge is 0.411 e. The number of para-hydroxylation sites is 1. The van der Waals surface area contributed by atoms with Gasteiger partial charge < -0.3 is 4.84 Å². The van der Waals surface area contributed by atoms with Gasteiger partial charge in [0.05, 0.1) is 10.4 Å². The molecule has 2 atom stereocenters. The van der Waals surface area contributed by atoms with Crippen LogP contribution in [0.1, 0.15) is 34.1 Å². The van der Waals surface area contributed by atoms with Crippen LogP contribution >= 0.6 is 0 Å². The average molecular weight is 417 g/mol. The summed E-state index contributed by atoms with van der Waals surface area (Å²) >= 11 is 0. The molecule has 29 heavy (non-hydrogen) atoms. The molecule has 1 aromatic carbocycles. The number of benzene rings is 1. The van der Waals surface area contributed by atoms with Gasteiger partial charge in [-0.05, 0) is 46.5 Å². The number of rotatable bonds is 7. The molecule has 0 fully saturated rings. The van der Waals surface area contributed by atoms with Crippen LogP contribution in [0.4, 0.5) is 4.39 Å². The first kappa shape index (κ1) is 21.6. The maximum absolute atomic E-state index is 14.1. The van der Waals surface area contributed by atoms with Gasteiger partial charge in [-0.15, -0.1) is 5.48 Å². The lowest BCUT2D eigenvalue weighted by Crippen LogP contribution is -2.26. The highest BCUT2D eigenvalue weighted by Gasteiger charge is 2.29. The van der Waals surface area contributed by atoms with Gasteiger partial charge in [0.2, 0.25) is 0 Å². The molecule has 2 aromatic rings. The fourth-order valence-corrected chi connectivity index (χ4v) is 4.13. The van der Waals surface area contributed by atoms with Crippen molar-refractivity contribution in [1.82, 2.24) is 10.5 Å². The van der Waals surface area contributed by atoms with E-state index >= 15 is 0 Å². The Morgan fingerprint density at radius 3 is 2.79 bits per heavy atom. The number of nitrogens with zero attached hydrogens (tertiary/aromatic N) is 2. The molecule has 2 unspecified atom stereocenters. The number of hydroxylamine groups is 1. The van der Waals surface area contributed by atoms with Gasteiger partial charge in [0.1, 0.15) is 18.3 Å². The van der Waals surface area contributed by atoms with Crippen molar-refractivity contribution in [2.45, 2.75) is 39.0 Å². The number of aromatic nitrogens is 1. The third-order valence-corrected chi connectivity index (χ3v) is 6.15. The minimum atomic E-state index is -0.805. The number of hydrogen-bond acceptors (Lipinski definition) is 4. The fraction of sp³-hybridized carbons (Fsp3) is 0.409. The molecule has 156 valence electrons. The first-order chi connectivity index (χ1) is 13.9. The monoisotopic (exact) mass is 416 g/mol. The Morgan fingerprint density at radius 2 is 2.07 bits per heavy atom. The Hall–Kier alpha value is -2.09. The van der Waals surface area contributed by atoms with Crippen LogP contribution in [-0.2, 0) is 15.7 Å². The molecule has 3 rings (SSSR count). The van der Waals surface area contributed by atoms with Crippen molar-refractivity contribution in [1.29, 1.82) is 0 Å². The molecule has 5 nitrogen and oxygen atoms in total. The summed E-state index contributed by atoms with van der Waals surface area (Å²) in [5, 5.41) is 7.27. The second-order valence-electron chi connectivity index (χ2n) is 7.83. The molecule has 0 saturated heterocycles. The summed E-state index contributed by atoms with van der Waals surface area (Å²) in [6.45, 7) is 8.48. The van der Waals surface area contributed by atoms with E-state index in [4.69, 9.17) is 9.98 Å². The van der Waals surface area contributed by atoms with E-state index in [9.17, 15) is 4.39 Å². The molecule has 1 aliphatic carbocycles. The summed E-state index contributed by atoms with van der Waals surface area (Å²) in [5.41, 5.74) is 4.73. The summed E-state index contributed by atoms with van der Waals surface area (Å²) < 4.78 is 18.5. The Kier molecular flexibility index (Phi) is 7.16. The fourth-order valence-electron chi connectivity index (χ4n) is 3.39. The van der Waals surface area contributed by atoms with Crippen LogP contribution in [0.15, 0.2) is 69.0 Å². The van der Waals surface area contributed by atoms with Crippen LogP contribution in [0.3, 0.4) is 0 Å². The number of nitrogens with one attached hydrogen (secondary N) is 1. The van der Waals surface area contributed by atoms with Crippen molar-refractivity contribution in [3.05, 3.63) is 59.8 Å². The molecular weight excluding hydrogens is 387 g/mol. The first-order valence-electron chi connectivity index (χ1n) is 9.87. The molecule has 0 radical (unpaired) electrons. The van der Waals surface area contributed by atoms with Crippen molar-refractivity contribution >= 4 is 21.8 Å².